The molecule has 202 valence electrons. The summed E-state index contributed by atoms with van der Waals surface area (Å²) in [6.07, 6.45) is 2.12. The number of aromatic nitrogens is 4. The summed E-state index contributed by atoms with van der Waals surface area (Å²) in [5.74, 6) is 1.62. The maximum absolute atomic E-state index is 12.7. The van der Waals surface area contributed by atoms with Crippen LogP contribution in [0.4, 0.5) is 24.9 Å². The molecule has 0 spiro atoms. The van der Waals surface area contributed by atoms with Gasteiger partial charge in [0.2, 0.25) is 11.8 Å². The second-order valence-electron chi connectivity index (χ2n) is 8.99. The van der Waals surface area contributed by atoms with Crippen molar-refractivity contribution in [3.05, 3.63) is 41.9 Å². The number of hydrogen-bond donors (Lipinski definition) is 1. The Labute approximate surface area is 216 Å². The van der Waals surface area contributed by atoms with E-state index >= 15 is 0 Å². The number of hydrogen-bond acceptors (Lipinski definition) is 8. The molecule has 3 aromatic heterocycles. The summed E-state index contributed by atoms with van der Waals surface area (Å²) >= 11 is 0. The van der Waals surface area contributed by atoms with Crippen LogP contribution in [0.1, 0.15) is 52.1 Å². The number of fused-ring (bicyclic) bond motifs is 1. The first-order chi connectivity index (χ1) is 17.8. The summed E-state index contributed by atoms with van der Waals surface area (Å²) in [6.45, 7) is 8.86. The molecule has 4 heterocycles. The van der Waals surface area contributed by atoms with Gasteiger partial charge in [-0.05, 0) is 44.2 Å². The van der Waals surface area contributed by atoms with Crippen molar-refractivity contribution in [3.8, 4) is 5.88 Å². The molecule has 0 unspecified atom stereocenters. The average molecular weight is 521 g/mol. The van der Waals surface area contributed by atoms with Crippen LogP contribution in [0, 0.1) is 6.92 Å². The molecule has 5 rings (SSSR count). The molecule has 11 heteroatoms. The van der Waals surface area contributed by atoms with Crippen LogP contribution in [0.15, 0.2) is 30.7 Å². The predicted octanol–water partition coefficient (Wildman–Crippen LogP) is 5.66. The van der Waals surface area contributed by atoms with Crippen LogP contribution in [0.25, 0.3) is 10.9 Å². The quantitative estimate of drug-likeness (QED) is 0.462. The minimum Gasteiger partial charge on any atom is -0.474 e. The van der Waals surface area contributed by atoms with E-state index in [-0.39, 0.29) is 19.5 Å². The summed E-state index contributed by atoms with van der Waals surface area (Å²) in [6, 6.07) is 4.11. The molecular weight excluding hydrogens is 485 g/mol. The topological polar surface area (TPSA) is 85.3 Å². The molecule has 3 aromatic rings. The van der Waals surface area contributed by atoms with Crippen LogP contribution in [0.2, 0.25) is 0 Å². The van der Waals surface area contributed by atoms with E-state index in [1.807, 2.05) is 39.1 Å². The third-order valence-electron chi connectivity index (χ3n) is 6.37. The van der Waals surface area contributed by atoms with Crippen molar-refractivity contribution in [3.63, 3.8) is 0 Å². The van der Waals surface area contributed by atoms with Crippen molar-refractivity contribution in [2.45, 2.75) is 64.8 Å². The van der Waals surface area contributed by atoms with Gasteiger partial charge >= 0.3 is 6.18 Å². The molecule has 1 aliphatic heterocycles. The van der Waals surface area contributed by atoms with Gasteiger partial charge in [0.25, 0.3) is 0 Å². The number of alkyl halides is 3. The highest BCUT2D eigenvalue weighted by molar-refractivity contribution is 5.86. The lowest BCUT2D eigenvalue weighted by atomic mass is 9.93. The number of halogens is 3. The Morgan fingerprint density at radius 1 is 1.00 bits per heavy atom. The highest BCUT2D eigenvalue weighted by atomic mass is 19.4. The van der Waals surface area contributed by atoms with Gasteiger partial charge in [-0.1, -0.05) is 13.8 Å². The van der Waals surface area contributed by atoms with E-state index in [0.29, 0.717) is 19.1 Å². The van der Waals surface area contributed by atoms with Gasteiger partial charge in [-0.15, -0.1) is 0 Å². The molecule has 1 N–H and O–H groups in total. The molecule has 0 bridgehead atoms. The Morgan fingerprint density at radius 3 is 2.32 bits per heavy atom. The zero-order valence-electron chi connectivity index (χ0n) is 21.4. The van der Waals surface area contributed by atoms with Crippen LogP contribution in [0.5, 0.6) is 5.88 Å². The zero-order chi connectivity index (χ0) is 26.4. The molecule has 1 aliphatic carbocycles. The highest BCUT2D eigenvalue weighted by Crippen LogP contribution is 2.32. The average Bonchev–Trinajstić information content (AvgIpc) is 2.91. The third-order valence-corrected chi connectivity index (χ3v) is 6.37. The van der Waals surface area contributed by atoms with Crippen molar-refractivity contribution < 1.29 is 24.1 Å². The van der Waals surface area contributed by atoms with E-state index in [4.69, 9.17) is 14.5 Å². The lowest BCUT2D eigenvalue weighted by Crippen LogP contribution is -2.37. The largest absolute Gasteiger partial charge is 0.474 e. The van der Waals surface area contributed by atoms with Crippen LogP contribution < -0.4 is 15.0 Å². The van der Waals surface area contributed by atoms with E-state index in [1.165, 1.54) is 0 Å². The number of ether oxygens (including phenoxy) is 2. The second-order valence-corrected chi connectivity index (χ2v) is 8.99. The Balaban J connectivity index is 0.00000130. The molecule has 1 saturated carbocycles. The Hall–Kier alpha value is -3.21. The monoisotopic (exact) mass is 520 g/mol. The predicted molar refractivity (Wildman–Crippen MR) is 138 cm³/mol. The SMILES string of the molecule is CC.Cc1cnc2cc(N3CCOCC3)nc(OC3CCC(Nc4ncc(C(F)(F)F)cn4)CC3)c2c1.[HH]. The molecule has 0 radical (unpaired) electrons. The van der Waals surface area contributed by atoms with Crippen molar-refractivity contribution in [1.82, 2.24) is 19.9 Å². The summed E-state index contributed by atoms with van der Waals surface area (Å²) in [4.78, 5) is 19.3. The Bertz CT molecular complexity index is 1170. The van der Waals surface area contributed by atoms with E-state index < -0.39 is 11.7 Å². The van der Waals surface area contributed by atoms with Gasteiger partial charge in [0, 0.05) is 45.2 Å². The maximum atomic E-state index is 12.7. The standard InChI is InChI=1S/C24H27F3N6O2.C2H6.H2/c1-15-10-19-20(28-12-15)11-21(33-6-8-34-9-7-33)32-22(19)35-18-4-2-17(3-5-18)31-23-29-13-16(14-30-23)24(25,26)27;1-2;/h10-14,17-18H,2-9H2,1H3,(H,29,30,31);1-2H3;1H. The maximum Gasteiger partial charge on any atom is 0.419 e. The Morgan fingerprint density at radius 2 is 1.68 bits per heavy atom. The van der Waals surface area contributed by atoms with E-state index in [1.54, 1.807) is 0 Å². The number of morpholine rings is 1. The van der Waals surface area contributed by atoms with Gasteiger partial charge in [0.1, 0.15) is 11.9 Å². The summed E-state index contributed by atoms with van der Waals surface area (Å²) in [5, 5.41) is 4.03. The molecule has 2 fully saturated rings. The smallest absolute Gasteiger partial charge is 0.419 e. The van der Waals surface area contributed by atoms with Gasteiger partial charge in [0.15, 0.2) is 0 Å². The zero-order valence-corrected chi connectivity index (χ0v) is 21.4. The number of rotatable bonds is 5. The van der Waals surface area contributed by atoms with Crippen LogP contribution in [-0.2, 0) is 10.9 Å². The van der Waals surface area contributed by atoms with E-state index in [9.17, 15) is 13.2 Å². The minimum absolute atomic E-state index is 0. The molecule has 8 nitrogen and oxygen atoms in total. The first kappa shape index (κ1) is 26.8. The van der Waals surface area contributed by atoms with Gasteiger partial charge < -0.3 is 19.7 Å². The van der Waals surface area contributed by atoms with Gasteiger partial charge in [-0.25, -0.2) is 9.97 Å². The van der Waals surface area contributed by atoms with E-state index in [0.717, 1.165) is 73.5 Å². The number of aryl methyl sites for hydroxylation is 1. The van der Waals surface area contributed by atoms with Crippen molar-refractivity contribution in [1.29, 1.82) is 0 Å². The molecule has 2 aliphatic rings. The fourth-order valence-corrected chi connectivity index (χ4v) is 4.44. The van der Waals surface area contributed by atoms with Crippen molar-refractivity contribution >= 4 is 22.7 Å². The molecule has 0 aromatic carbocycles. The van der Waals surface area contributed by atoms with Gasteiger partial charge in [0.05, 0.1) is 29.7 Å². The van der Waals surface area contributed by atoms with Crippen LogP contribution >= 0.6 is 0 Å². The molecular formula is C26H35F3N6O2. The Kier molecular flexibility index (Phi) is 8.63. The number of nitrogens with one attached hydrogen (secondary N) is 1. The minimum atomic E-state index is -4.45. The first-order valence-electron chi connectivity index (χ1n) is 12.8. The van der Waals surface area contributed by atoms with Crippen LogP contribution in [0.3, 0.4) is 0 Å². The highest BCUT2D eigenvalue weighted by Gasteiger charge is 2.31. The fourth-order valence-electron chi connectivity index (χ4n) is 4.44. The number of nitrogens with zero attached hydrogens (tertiary/aromatic N) is 5. The van der Waals surface area contributed by atoms with Crippen molar-refractivity contribution in [2.24, 2.45) is 0 Å². The van der Waals surface area contributed by atoms with E-state index in [2.05, 4.69) is 25.2 Å². The third kappa shape index (κ3) is 6.76. The van der Waals surface area contributed by atoms with Gasteiger partial charge in [-0.2, -0.15) is 18.2 Å². The normalized spacial score (nSPS) is 20.2. The fraction of sp³-hybridized carbons (Fsp3) is 0.538. The number of anilines is 2. The van der Waals surface area contributed by atoms with Crippen LogP contribution in [-0.4, -0.2) is 58.4 Å². The van der Waals surface area contributed by atoms with Crippen molar-refractivity contribution in [2.75, 3.05) is 36.5 Å². The molecule has 0 amide bonds. The molecule has 37 heavy (non-hydrogen) atoms. The van der Waals surface area contributed by atoms with Gasteiger partial charge in [-0.3, -0.25) is 4.98 Å². The lowest BCUT2D eigenvalue weighted by Gasteiger charge is -2.31. The summed E-state index contributed by atoms with van der Waals surface area (Å²) < 4.78 is 50.0. The number of pyridine rings is 2. The first-order valence-corrected chi connectivity index (χ1v) is 12.8. The second kappa shape index (κ2) is 11.9. The molecule has 1 saturated heterocycles. The molecule has 0 atom stereocenters. The summed E-state index contributed by atoms with van der Waals surface area (Å²) in [7, 11) is 0. The summed E-state index contributed by atoms with van der Waals surface area (Å²) in [5.41, 5.74) is 1.02. The lowest BCUT2D eigenvalue weighted by molar-refractivity contribution is -0.138.